The summed E-state index contributed by atoms with van der Waals surface area (Å²) in [7, 11) is 3.38. The average Bonchev–Trinajstić information content (AvgIpc) is 3.20. The lowest BCUT2D eigenvalue weighted by Gasteiger charge is -2.36. The fourth-order valence-electron chi connectivity index (χ4n) is 8.10. The minimum atomic E-state index is -0.835. The second-order valence-corrected chi connectivity index (χ2v) is 13.3. The maximum Gasteiger partial charge on any atom is 0.143 e. The lowest BCUT2D eigenvalue weighted by Crippen LogP contribution is -2.33. The molecule has 0 spiro atoms. The molecular weight excluding hydrogens is 629 g/mol. The van der Waals surface area contributed by atoms with Crippen molar-refractivity contribution in [2.24, 2.45) is 0 Å². The summed E-state index contributed by atoms with van der Waals surface area (Å²) in [6.45, 7) is 0.754. The Morgan fingerprint density at radius 3 is 1.39 bits per heavy atom. The molecule has 0 aliphatic heterocycles. The van der Waals surface area contributed by atoms with Crippen molar-refractivity contribution < 1.29 is 19.3 Å². The van der Waals surface area contributed by atoms with Crippen molar-refractivity contribution in [3.05, 3.63) is 167 Å². The Kier molecular flexibility index (Phi) is 9.04. The van der Waals surface area contributed by atoms with Crippen molar-refractivity contribution in [1.82, 2.24) is 0 Å². The van der Waals surface area contributed by atoms with Gasteiger partial charge in [-0.1, -0.05) is 115 Å². The quantitative estimate of drug-likeness (QED) is 0.0574. The molecule has 0 aromatic heterocycles. The molecule has 0 aliphatic rings. The third kappa shape index (κ3) is 5.75. The zero-order valence-electron chi connectivity index (χ0n) is 29.2. The SMILES string of the molecule is COc1ccc(C(OCCCc2ccc3c4cccc5c(CCCO)ccc(c6cccc2c63)c54)(c2ccccc2)c2ccc(OC)cc2)cc1. The smallest absolute Gasteiger partial charge is 0.143 e. The number of hydrogen-bond donors (Lipinski definition) is 1. The van der Waals surface area contributed by atoms with Crippen LogP contribution in [0.1, 0.15) is 40.7 Å². The van der Waals surface area contributed by atoms with E-state index in [4.69, 9.17) is 14.2 Å². The van der Waals surface area contributed by atoms with Crippen molar-refractivity contribution in [3.63, 3.8) is 0 Å². The fraction of sp³-hybridized carbons (Fsp3) is 0.191. The number of aliphatic hydroxyl groups is 1. The average molecular weight is 671 g/mol. The molecule has 4 nitrogen and oxygen atoms in total. The highest BCUT2D eigenvalue weighted by Crippen LogP contribution is 2.44. The molecule has 0 unspecified atom stereocenters. The number of methoxy groups -OCH3 is 2. The Morgan fingerprint density at radius 2 is 0.902 bits per heavy atom. The summed E-state index contributed by atoms with van der Waals surface area (Å²) in [4.78, 5) is 0. The Labute approximate surface area is 299 Å². The van der Waals surface area contributed by atoms with E-state index in [0.29, 0.717) is 6.61 Å². The maximum absolute atomic E-state index is 9.52. The predicted octanol–water partition coefficient (Wildman–Crippen LogP) is 10.6. The summed E-state index contributed by atoms with van der Waals surface area (Å²) in [5.41, 5.74) is 4.93. The van der Waals surface area contributed by atoms with E-state index < -0.39 is 5.60 Å². The van der Waals surface area contributed by atoms with E-state index in [2.05, 4.69) is 109 Å². The third-order valence-electron chi connectivity index (χ3n) is 10.5. The van der Waals surface area contributed by atoms with Crippen LogP contribution >= 0.6 is 0 Å². The van der Waals surface area contributed by atoms with Gasteiger partial charge in [0.1, 0.15) is 17.1 Å². The minimum Gasteiger partial charge on any atom is -0.497 e. The normalized spacial score (nSPS) is 12.0. The largest absolute Gasteiger partial charge is 0.497 e. The highest BCUT2D eigenvalue weighted by atomic mass is 16.5. The number of benzene rings is 8. The molecule has 0 bridgehead atoms. The summed E-state index contributed by atoms with van der Waals surface area (Å²) in [6.07, 6.45) is 3.37. The van der Waals surface area contributed by atoms with Crippen LogP contribution < -0.4 is 9.47 Å². The standard InChI is InChI=1S/C47H42O4/c1-49-37-24-20-35(21-25-37)47(34-12-4-3-5-13-34,36-22-26-38(50-2)27-23-36)51-31-9-11-33-19-29-44-41-16-6-14-39-32(10-8-30-48)18-28-43(45(39)41)42-17-7-15-40(33)46(42)44/h3-7,12-29,48H,8-11,30-31H2,1-2H3. The van der Waals surface area contributed by atoms with Gasteiger partial charge in [-0.05, 0) is 121 Å². The van der Waals surface area contributed by atoms with E-state index in [1.54, 1.807) is 14.2 Å². The molecule has 8 aromatic carbocycles. The van der Waals surface area contributed by atoms with Gasteiger partial charge in [-0.2, -0.15) is 0 Å². The third-order valence-corrected chi connectivity index (χ3v) is 10.5. The maximum atomic E-state index is 9.52. The molecular formula is C47H42O4. The van der Waals surface area contributed by atoms with Gasteiger partial charge in [-0.15, -0.1) is 0 Å². The summed E-state index contributed by atoms with van der Waals surface area (Å²) >= 11 is 0. The molecule has 0 saturated carbocycles. The number of hydrogen-bond acceptors (Lipinski definition) is 4. The highest BCUT2D eigenvalue weighted by Gasteiger charge is 2.37. The molecule has 1 N–H and O–H groups in total. The molecule has 0 heterocycles. The van der Waals surface area contributed by atoms with Gasteiger partial charge in [0.15, 0.2) is 0 Å². The molecule has 0 atom stereocenters. The number of aryl methyl sites for hydroxylation is 2. The van der Waals surface area contributed by atoms with Crippen LogP contribution in [-0.4, -0.2) is 32.5 Å². The van der Waals surface area contributed by atoms with E-state index in [9.17, 15) is 5.11 Å². The minimum absolute atomic E-state index is 0.203. The zero-order chi connectivity index (χ0) is 34.8. The molecule has 51 heavy (non-hydrogen) atoms. The van der Waals surface area contributed by atoms with Crippen LogP contribution in [0.4, 0.5) is 0 Å². The van der Waals surface area contributed by atoms with Crippen molar-refractivity contribution in [1.29, 1.82) is 0 Å². The first-order valence-corrected chi connectivity index (χ1v) is 17.9. The predicted molar refractivity (Wildman–Crippen MR) is 210 cm³/mol. The summed E-state index contributed by atoms with van der Waals surface area (Å²) in [5, 5.41) is 19.9. The van der Waals surface area contributed by atoms with E-state index in [1.165, 1.54) is 54.2 Å². The monoisotopic (exact) mass is 670 g/mol. The van der Waals surface area contributed by atoms with Gasteiger partial charge < -0.3 is 19.3 Å². The van der Waals surface area contributed by atoms with E-state index in [-0.39, 0.29) is 6.61 Å². The second-order valence-electron chi connectivity index (χ2n) is 13.3. The van der Waals surface area contributed by atoms with E-state index >= 15 is 0 Å². The molecule has 0 aliphatic carbocycles. The van der Waals surface area contributed by atoms with Crippen molar-refractivity contribution >= 4 is 43.1 Å². The van der Waals surface area contributed by atoms with Gasteiger partial charge in [-0.25, -0.2) is 0 Å². The van der Waals surface area contributed by atoms with Gasteiger partial charge >= 0.3 is 0 Å². The Balaban J connectivity index is 1.16. The van der Waals surface area contributed by atoms with Crippen LogP contribution in [0.5, 0.6) is 11.5 Å². The van der Waals surface area contributed by atoms with Crippen molar-refractivity contribution in [2.75, 3.05) is 27.4 Å². The van der Waals surface area contributed by atoms with Crippen molar-refractivity contribution in [2.45, 2.75) is 31.3 Å². The van der Waals surface area contributed by atoms with Gasteiger partial charge in [0, 0.05) is 13.2 Å². The first kappa shape index (κ1) is 32.8. The number of aliphatic hydroxyl groups excluding tert-OH is 1. The first-order valence-electron chi connectivity index (χ1n) is 17.9. The zero-order valence-corrected chi connectivity index (χ0v) is 29.2. The summed E-state index contributed by atoms with van der Waals surface area (Å²) < 4.78 is 18.2. The van der Waals surface area contributed by atoms with Gasteiger partial charge in [-0.3, -0.25) is 0 Å². The van der Waals surface area contributed by atoms with Crippen molar-refractivity contribution in [3.8, 4) is 11.5 Å². The van der Waals surface area contributed by atoms with Crippen LogP contribution in [0.3, 0.4) is 0 Å². The fourth-order valence-corrected chi connectivity index (χ4v) is 8.10. The lowest BCUT2D eigenvalue weighted by atomic mass is 9.80. The second kappa shape index (κ2) is 14.1. The highest BCUT2D eigenvalue weighted by molar-refractivity contribution is 6.33. The molecule has 0 amide bonds. The lowest BCUT2D eigenvalue weighted by molar-refractivity contribution is 0.0116. The van der Waals surface area contributed by atoms with Gasteiger partial charge in [0.25, 0.3) is 0 Å². The topological polar surface area (TPSA) is 47.9 Å². The summed E-state index contributed by atoms with van der Waals surface area (Å²) in [5.74, 6) is 1.61. The molecule has 0 radical (unpaired) electrons. The van der Waals surface area contributed by atoms with E-state index in [1.807, 2.05) is 30.3 Å². The summed E-state index contributed by atoms with van der Waals surface area (Å²) in [6, 6.07) is 49.6. The van der Waals surface area contributed by atoms with Crippen LogP contribution in [0.15, 0.2) is 140 Å². The van der Waals surface area contributed by atoms with Crippen LogP contribution in [0.25, 0.3) is 43.1 Å². The number of fused-ring (bicyclic) bond motifs is 2. The first-order chi connectivity index (χ1) is 25.2. The number of rotatable bonds is 13. The molecule has 4 heteroatoms. The van der Waals surface area contributed by atoms with Gasteiger partial charge in [0.2, 0.25) is 0 Å². The molecule has 8 rings (SSSR count). The van der Waals surface area contributed by atoms with Crippen LogP contribution in [-0.2, 0) is 23.2 Å². The molecule has 8 aromatic rings. The number of ether oxygens (including phenoxy) is 3. The van der Waals surface area contributed by atoms with E-state index in [0.717, 1.165) is 53.9 Å². The van der Waals surface area contributed by atoms with Crippen LogP contribution in [0, 0.1) is 0 Å². The Morgan fingerprint density at radius 1 is 0.451 bits per heavy atom. The Bertz CT molecular complexity index is 2350. The Hall–Kier alpha value is -5.42. The molecule has 254 valence electrons. The molecule has 0 fully saturated rings. The van der Waals surface area contributed by atoms with Gasteiger partial charge in [0.05, 0.1) is 14.2 Å². The van der Waals surface area contributed by atoms with Crippen LogP contribution in [0.2, 0.25) is 0 Å². The molecule has 0 saturated heterocycles.